The van der Waals surface area contributed by atoms with Crippen LogP contribution in [0.25, 0.3) is 11.1 Å². The molecule has 0 fully saturated rings. The Morgan fingerprint density at radius 3 is 2.38 bits per heavy atom. The number of carboxylic acids is 1. The molecule has 4 aromatic rings. The predicted molar refractivity (Wildman–Crippen MR) is 161 cm³/mol. The summed E-state index contributed by atoms with van der Waals surface area (Å²) in [5.74, 6) is -0.946. The monoisotopic (exact) mass is 638 g/mol. The molecule has 0 bridgehead atoms. The van der Waals surface area contributed by atoms with Crippen LogP contribution in [0.15, 0.2) is 102 Å². The number of carboxylic acid groups (broad SMARTS) is 1. The zero-order valence-electron chi connectivity index (χ0n) is 23.8. The Labute approximate surface area is 258 Å². The molecule has 0 saturated carbocycles. The van der Waals surface area contributed by atoms with Crippen molar-refractivity contribution >= 4 is 27.6 Å². The van der Waals surface area contributed by atoms with E-state index < -0.39 is 39.7 Å². The fraction of sp³-hybridized carbons (Fsp3) is 0.212. The van der Waals surface area contributed by atoms with Gasteiger partial charge in [0.15, 0.2) is 0 Å². The van der Waals surface area contributed by atoms with E-state index in [2.05, 4.69) is 5.32 Å². The van der Waals surface area contributed by atoms with Gasteiger partial charge >= 0.3 is 12.1 Å². The number of amides is 1. The van der Waals surface area contributed by atoms with E-state index in [0.717, 1.165) is 22.0 Å². The largest absolute Gasteiger partial charge is 0.493 e. The van der Waals surface area contributed by atoms with Crippen LogP contribution < -0.4 is 14.4 Å². The number of carbonyl (C=O) groups is 2. The van der Waals surface area contributed by atoms with Gasteiger partial charge in [0.25, 0.3) is 10.0 Å². The van der Waals surface area contributed by atoms with E-state index in [0.29, 0.717) is 29.0 Å². The molecule has 0 aliphatic carbocycles. The van der Waals surface area contributed by atoms with Crippen LogP contribution in [-0.2, 0) is 38.6 Å². The number of ether oxygens (including phenoxy) is 1. The molecule has 12 heteroatoms. The number of nitrogens with zero attached hydrogens (tertiary/aromatic N) is 1. The number of hydrogen-bond donors (Lipinski definition) is 2. The molecule has 0 saturated heterocycles. The quantitative estimate of drug-likeness (QED) is 0.218. The minimum absolute atomic E-state index is 0.0239. The Bertz CT molecular complexity index is 1810. The number of halogens is 3. The third-order valence-electron chi connectivity index (χ3n) is 7.36. The van der Waals surface area contributed by atoms with Gasteiger partial charge in [-0.05, 0) is 71.1 Å². The first kappa shape index (κ1) is 31.6. The van der Waals surface area contributed by atoms with Crippen LogP contribution in [0.4, 0.5) is 18.9 Å². The molecular weight excluding hydrogens is 609 g/mol. The van der Waals surface area contributed by atoms with Gasteiger partial charge in [-0.2, -0.15) is 13.2 Å². The number of para-hydroxylation sites is 1. The summed E-state index contributed by atoms with van der Waals surface area (Å²) in [4.78, 5) is 24.0. The van der Waals surface area contributed by atoms with E-state index in [1.807, 2.05) is 6.07 Å². The molecule has 234 valence electrons. The third kappa shape index (κ3) is 7.28. The van der Waals surface area contributed by atoms with Crippen LogP contribution in [0, 0.1) is 0 Å². The summed E-state index contributed by atoms with van der Waals surface area (Å²) in [5.41, 5.74) is 1.79. The number of fused-ring (bicyclic) bond motifs is 1. The number of aliphatic carboxylic acids is 1. The van der Waals surface area contributed by atoms with Crippen molar-refractivity contribution in [3.63, 3.8) is 0 Å². The summed E-state index contributed by atoms with van der Waals surface area (Å²) >= 11 is 0. The van der Waals surface area contributed by atoms with Crippen LogP contribution in [0.3, 0.4) is 0 Å². The molecular formula is C33H29F3N2O6S. The highest BCUT2D eigenvalue weighted by atomic mass is 32.2. The SMILES string of the molecule is O=C(O)CCOc1cccc(CCNC(=O)[C@@H]2Cc3ccccc3N2S(=O)(=O)c2ccc(-c3cccc(C(F)(F)F)c3)cc2)c1. The number of alkyl halides is 3. The summed E-state index contributed by atoms with van der Waals surface area (Å²) < 4.78 is 74.1. The topological polar surface area (TPSA) is 113 Å². The lowest BCUT2D eigenvalue weighted by atomic mass is 10.0. The lowest BCUT2D eigenvalue weighted by molar-refractivity contribution is -0.138. The lowest BCUT2D eigenvalue weighted by Crippen LogP contribution is -2.48. The van der Waals surface area contributed by atoms with E-state index in [1.165, 1.54) is 36.4 Å². The molecule has 2 N–H and O–H groups in total. The van der Waals surface area contributed by atoms with E-state index in [4.69, 9.17) is 9.84 Å². The Balaban J connectivity index is 1.31. The van der Waals surface area contributed by atoms with E-state index in [1.54, 1.807) is 42.5 Å². The standard InChI is InChI=1S/C33H29F3N2O6S/c34-33(35,36)26-8-4-7-24(20-26)23-11-13-28(14-12-23)45(42,43)38-29-10-2-1-6-25(29)21-30(38)32(41)37-17-15-22-5-3-9-27(19-22)44-18-16-31(39)40/h1-14,19-20,30H,15-18,21H2,(H,37,41)(H,39,40)/t30-/m0/s1. The summed E-state index contributed by atoms with van der Waals surface area (Å²) in [5, 5.41) is 11.6. The van der Waals surface area contributed by atoms with Gasteiger partial charge in [-0.3, -0.25) is 13.9 Å². The van der Waals surface area contributed by atoms with Gasteiger partial charge in [0.2, 0.25) is 5.91 Å². The molecule has 0 unspecified atom stereocenters. The maximum atomic E-state index is 14.0. The highest BCUT2D eigenvalue weighted by Gasteiger charge is 2.42. The maximum absolute atomic E-state index is 14.0. The molecule has 0 aromatic heterocycles. The van der Waals surface area contributed by atoms with Crippen molar-refractivity contribution in [2.45, 2.75) is 36.4 Å². The zero-order valence-corrected chi connectivity index (χ0v) is 24.6. The van der Waals surface area contributed by atoms with Crippen LogP contribution in [0.1, 0.15) is 23.1 Å². The maximum Gasteiger partial charge on any atom is 0.416 e. The summed E-state index contributed by atoms with van der Waals surface area (Å²) in [6, 6.07) is 23.1. The Hall–Kier alpha value is -4.84. The fourth-order valence-electron chi connectivity index (χ4n) is 5.16. The predicted octanol–water partition coefficient (Wildman–Crippen LogP) is 5.70. The zero-order chi connectivity index (χ0) is 32.2. The highest BCUT2D eigenvalue weighted by molar-refractivity contribution is 7.93. The van der Waals surface area contributed by atoms with E-state index >= 15 is 0 Å². The Morgan fingerprint density at radius 2 is 1.64 bits per heavy atom. The summed E-state index contributed by atoms with van der Waals surface area (Å²) in [6.07, 6.45) is -4.06. The Morgan fingerprint density at radius 1 is 0.911 bits per heavy atom. The van der Waals surface area contributed by atoms with Gasteiger partial charge in [-0.15, -0.1) is 0 Å². The van der Waals surface area contributed by atoms with Crippen molar-refractivity contribution in [2.75, 3.05) is 17.5 Å². The van der Waals surface area contributed by atoms with Gasteiger partial charge in [0.1, 0.15) is 11.8 Å². The minimum Gasteiger partial charge on any atom is -0.493 e. The average molecular weight is 639 g/mol. The van der Waals surface area contributed by atoms with Crippen molar-refractivity contribution in [1.29, 1.82) is 0 Å². The van der Waals surface area contributed by atoms with Crippen LogP contribution >= 0.6 is 0 Å². The van der Waals surface area contributed by atoms with Crippen LogP contribution in [0.2, 0.25) is 0 Å². The first-order chi connectivity index (χ1) is 21.4. The second-order valence-electron chi connectivity index (χ2n) is 10.4. The normalized spacial score (nSPS) is 14.6. The fourth-order valence-corrected chi connectivity index (χ4v) is 6.81. The molecule has 1 atom stereocenters. The van der Waals surface area contributed by atoms with E-state index in [-0.39, 0.29) is 36.5 Å². The first-order valence-electron chi connectivity index (χ1n) is 14.0. The molecule has 0 spiro atoms. The van der Waals surface area contributed by atoms with Crippen molar-refractivity contribution in [3.05, 3.63) is 114 Å². The molecule has 1 amide bonds. The lowest BCUT2D eigenvalue weighted by Gasteiger charge is -2.26. The number of nitrogens with one attached hydrogen (secondary N) is 1. The van der Waals surface area contributed by atoms with Gasteiger partial charge < -0.3 is 15.2 Å². The van der Waals surface area contributed by atoms with Gasteiger partial charge in [0.05, 0.1) is 29.2 Å². The molecule has 0 radical (unpaired) electrons. The van der Waals surface area contributed by atoms with Crippen molar-refractivity contribution < 1.29 is 41.0 Å². The number of carbonyl (C=O) groups excluding carboxylic acids is 1. The first-order valence-corrected chi connectivity index (χ1v) is 15.5. The number of sulfonamides is 1. The number of benzene rings is 4. The second-order valence-corrected chi connectivity index (χ2v) is 12.2. The number of rotatable bonds is 11. The van der Waals surface area contributed by atoms with Crippen molar-refractivity contribution in [3.8, 4) is 16.9 Å². The van der Waals surface area contributed by atoms with Gasteiger partial charge in [0, 0.05) is 13.0 Å². The molecule has 5 rings (SSSR count). The number of hydrogen-bond acceptors (Lipinski definition) is 5. The molecule has 1 aliphatic heterocycles. The summed E-state index contributed by atoms with van der Waals surface area (Å²) in [7, 11) is -4.24. The molecule has 45 heavy (non-hydrogen) atoms. The van der Waals surface area contributed by atoms with Crippen LogP contribution in [0.5, 0.6) is 5.75 Å². The molecule has 1 aliphatic rings. The minimum atomic E-state index is -4.51. The van der Waals surface area contributed by atoms with Gasteiger partial charge in [-0.1, -0.05) is 54.6 Å². The Kier molecular flexibility index (Phi) is 9.14. The number of anilines is 1. The van der Waals surface area contributed by atoms with Crippen LogP contribution in [-0.4, -0.2) is 44.6 Å². The smallest absolute Gasteiger partial charge is 0.416 e. The average Bonchev–Trinajstić information content (AvgIpc) is 3.42. The third-order valence-corrected chi connectivity index (χ3v) is 9.20. The molecule has 8 nitrogen and oxygen atoms in total. The molecule has 1 heterocycles. The van der Waals surface area contributed by atoms with Gasteiger partial charge in [-0.25, -0.2) is 8.42 Å². The molecule has 4 aromatic carbocycles. The van der Waals surface area contributed by atoms with Crippen molar-refractivity contribution in [2.24, 2.45) is 0 Å². The summed E-state index contributed by atoms with van der Waals surface area (Å²) in [6.45, 7) is 0.236. The second kappa shape index (κ2) is 13.0. The van der Waals surface area contributed by atoms with Crippen molar-refractivity contribution in [1.82, 2.24) is 5.32 Å². The highest BCUT2D eigenvalue weighted by Crippen LogP contribution is 2.38. The van der Waals surface area contributed by atoms with E-state index in [9.17, 15) is 31.2 Å².